The highest BCUT2D eigenvalue weighted by Gasteiger charge is 2.30. The van der Waals surface area contributed by atoms with E-state index in [-0.39, 0.29) is 17.1 Å². The molecule has 0 saturated heterocycles. The van der Waals surface area contributed by atoms with E-state index in [0.717, 1.165) is 6.07 Å². The average molecular weight is 359 g/mol. The van der Waals surface area contributed by atoms with Crippen molar-refractivity contribution in [1.29, 1.82) is 0 Å². The number of nitrogens with zero attached hydrogens (tertiary/aromatic N) is 1. The zero-order valence-corrected chi connectivity index (χ0v) is 14.4. The van der Waals surface area contributed by atoms with Crippen LogP contribution in [0.1, 0.15) is 28.9 Å². The van der Waals surface area contributed by atoms with E-state index in [2.05, 4.69) is 0 Å². The van der Waals surface area contributed by atoms with Gasteiger partial charge in [0, 0.05) is 24.1 Å². The summed E-state index contributed by atoms with van der Waals surface area (Å²) in [5.74, 6) is -1.34. The van der Waals surface area contributed by atoms with E-state index in [1.54, 1.807) is 30.3 Å². The van der Waals surface area contributed by atoms with Gasteiger partial charge in [0.2, 0.25) is 11.5 Å². The summed E-state index contributed by atoms with van der Waals surface area (Å²) in [4.78, 5) is 35.0. The lowest BCUT2D eigenvalue weighted by atomic mass is 9.98. The number of nitro benzene ring substituents is 1. The maximum Gasteiger partial charge on any atom is 0.315 e. The van der Waals surface area contributed by atoms with Crippen LogP contribution in [0.15, 0.2) is 42.5 Å². The van der Waals surface area contributed by atoms with Gasteiger partial charge in [-0.25, -0.2) is 0 Å². The fraction of sp³-hybridized carbons (Fsp3) is 0.222. The van der Waals surface area contributed by atoms with Crippen LogP contribution in [0.5, 0.6) is 11.5 Å². The monoisotopic (exact) mass is 359 g/mol. The molecule has 2 aromatic rings. The summed E-state index contributed by atoms with van der Waals surface area (Å²) >= 11 is 0. The van der Waals surface area contributed by atoms with Crippen molar-refractivity contribution in [3.05, 3.63) is 63.7 Å². The van der Waals surface area contributed by atoms with E-state index in [4.69, 9.17) is 14.2 Å². The summed E-state index contributed by atoms with van der Waals surface area (Å²) in [6.45, 7) is 1.18. The topological polar surface area (TPSA) is 105 Å². The molecule has 2 aromatic carbocycles. The van der Waals surface area contributed by atoms with Gasteiger partial charge in [-0.1, -0.05) is 30.3 Å². The number of carbonyl (C=O) groups excluding carboxylic acids is 2. The van der Waals surface area contributed by atoms with Crippen LogP contribution in [0.2, 0.25) is 0 Å². The fourth-order valence-corrected chi connectivity index (χ4v) is 2.44. The standard InChI is InChI=1S/C18H17NO7/c1-11(20)26-17(12-7-5-4-6-8-12)16(21)13-9-14(19(22)23)18(25-3)15(10-13)24-2/h4-10,17H,1-3H3. The van der Waals surface area contributed by atoms with Crippen molar-refractivity contribution in [3.63, 3.8) is 0 Å². The van der Waals surface area contributed by atoms with Crippen molar-refractivity contribution in [2.24, 2.45) is 0 Å². The molecular formula is C18H17NO7. The molecule has 136 valence electrons. The van der Waals surface area contributed by atoms with Gasteiger partial charge < -0.3 is 14.2 Å². The molecule has 0 heterocycles. The summed E-state index contributed by atoms with van der Waals surface area (Å²) in [5.41, 5.74) is -0.0144. The predicted molar refractivity (Wildman–Crippen MR) is 91.5 cm³/mol. The van der Waals surface area contributed by atoms with Crippen molar-refractivity contribution in [1.82, 2.24) is 0 Å². The Morgan fingerprint density at radius 3 is 2.23 bits per heavy atom. The van der Waals surface area contributed by atoms with Crippen molar-refractivity contribution >= 4 is 17.4 Å². The summed E-state index contributed by atoms with van der Waals surface area (Å²) in [7, 11) is 2.56. The minimum Gasteiger partial charge on any atom is -0.493 e. The smallest absolute Gasteiger partial charge is 0.315 e. The van der Waals surface area contributed by atoms with Crippen LogP contribution in [0, 0.1) is 10.1 Å². The van der Waals surface area contributed by atoms with Crippen molar-refractivity contribution < 1.29 is 28.7 Å². The molecule has 8 heteroatoms. The Balaban J connectivity index is 2.56. The summed E-state index contributed by atoms with van der Waals surface area (Å²) < 4.78 is 15.3. The largest absolute Gasteiger partial charge is 0.493 e. The van der Waals surface area contributed by atoms with Crippen LogP contribution in [0.4, 0.5) is 5.69 Å². The number of carbonyl (C=O) groups is 2. The first kappa shape index (κ1) is 18.9. The number of methoxy groups -OCH3 is 2. The number of hydrogen-bond donors (Lipinski definition) is 0. The molecule has 0 aliphatic carbocycles. The van der Waals surface area contributed by atoms with Gasteiger partial charge in [0.05, 0.1) is 19.1 Å². The molecule has 0 bridgehead atoms. The van der Waals surface area contributed by atoms with Crippen LogP contribution in [0.25, 0.3) is 0 Å². The minimum absolute atomic E-state index is 0.0275. The van der Waals surface area contributed by atoms with E-state index in [0.29, 0.717) is 5.56 Å². The highest BCUT2D eigenvalue weighted by molar-refractivity contribution is 6.02. The van der Waals surface area contributed by atoms with Gasteiger partial charge in [-0.3, -0.25) is 19.7 Å². The lowest BCUT2D eigenvalue weighted by Gasteiger charge is -2.17. The van der Waals surface area contributed by atoms with Gasteiger partial charge >= 0.3 is 11.7 Å². The van der Waals surface area contributed by atoms with Crippen molar-refractivity contribution in [3.8, 4) is 11.5 Å². The van der Waals surface area contributed by atoms with Crippen molar-refractivity contribution in [2.45, 2.75) is 13.0 Å². The molecule has 1 unspecified atom stereocenters. The molecule has 0 N–H and O–H groups in total. The quantitative estimate of drug-likeness (QED) is 0.324. The van der Waals surface area contributed by atoms with Crippen molar-refractivity contribution in [2.75, 3.05) is 14.2 Å². The maximum atomic E-state index is 12.9. The molecular weight excluding hydrogens is 342 g/mol. The summed E-state index contributed by atoms with van der Waals surface area (Å²) in [6.07, 6.45) is -1.23. The molecule has 0 saturated carbocycles. The van der Waals surface area contributed by atoms with Gasteiger partial charge in [0.15, 0.2) is 11.9 Å². The summed E-state index contributed by atoms with van der Waals surface area (Å²) in [5, 5.41) is 11.3. The first-order valence-corrected chi connectivity index (χ1v) is 7.55. The lowest BCUT2D eigenvalue weighted by molar-refractivity contribution is -0.385. The zero-order valence-electron chi connectivity index (χ0n) is 14.4. The van der Waals surface area contributed by atoms with Gasteiger partial charge in [-0.15, -0.1) is 0 Å². The van der Waals surface area contributed by atoms with Crippen LogP contribution < -0.4 is 9.47 Å². The third-order valence-electron chi connectivity index (χ3n) is 3.56. The van der Waals surface area contributed by atoms with E-state index in [9.17, 15) is 19.7 Å². The second-order valence-corrected chi connectivity index (χ2v) is 5.25. The number of nitro groups is 1. The van der Waals surface area contributed by atoms with Crippen LogP contribution in [-0.2, 0) is 9.53 Å². The molecule has 0 aliphatic rings. The fourth-order valence-electron chi connectivity index (χ4n) is 2.44. The first-order chi connectivity index (χ1) is 12.4. The van der Waals surface area contributed by atoms with E-state index >= 15 is 0 Å². The van der Waals surface area contributed by atoms with Gasteiger partial charge in [-0.05, 0) is 6.07 Å². The molecule has 0 aromatic heterocycles. The third kappa shape index (κ3) is 3.97. The number of esters is 1. The minimum atomic E-state index is -1.23. The predicted octanol–water partition coefficient (Wildman–Crippen LogP) is 3.10. The number of benzene rings is 2. The first-order valence-electron chi connectivity index (χ1n) is 7.55. The Morgan fingerprint density at radius 2 is 1.73 bits per heavy atom. The van der Waals surface area contributed by atoms with Gasteiger partial charge in [0.25, 0.3) is 0 Å². The molecule has 0 spiro atoms. The Bertz CT molecular complexity index is 833. The number of Topliss-reactive ketones (excluding diaryl/α,β-unsaturated/α-hetero) is 1. The molecule has 0 aliphatic heterocycles. The molecule has 0 amide bonds. The molecule has 26 heavy (non-hydrogen) atoms. The second kappa shape index (κ2) is 8.11. The number of ketones is 1. The molecule has 8 nitrogen and oxygen atoms in total. The van der Waals surface area contributed by atoms with Crippen LogP contribution >= 0.6 is 0 Å². The zero-order chi connectivity index (χ0) is 19.3. The average Bonchev–Trinajstić information content (AvgIpc) is 2.64. The molecule has 0 fully saturated rings. The Labute approximate surface area is 149 Å². The normalized spacial score (nSPS) is 11.3. The van der Waals surface area contributed by atoms with E-state index in [1.165, 1.54) is 27.2 Å². The van der Waals surface area contributed by atoms with E-state index < -0.39 is 28.5 Å². The SMILES string of the molecule is COc1cc(C(=O)C(OC(C)=O)c2ccccc2)cc([N+](=O)[O-])c1OC. The highest BCUT2D eigenvalue weighted by atomic mass is 16.6. The molecule has 0 radical (unpaired) electrons. The number of rotatable bonds is 7. The Kier molecular flexibility index (Phi) is 5.90. The van der Waals surface area contributed by atoms with E-state index in [1.807, 2.05) is 0 Å². The number of ether oxygens (including phenoxy) is 3. The highest BCUT2D eigenvalue weighted by Crippen LogP contribution is 2.39. The molecule has 1 atom stereocenters. The van der Waals surface area contributed by atoms with Crippen LogP contribution in [-0.4, -0.2) is 30.9 Å². The second-order valence-electron chi connectivity index (χ2n) is 5.25. The third-order valence-corrected chi connectivity index (χ3v) is 3.56. The Morgan fingerprint density at radius 1 is 1.08 bits per heavy atom. The lowest BCUT2D eigenvalue weighted by Crippen LogP contribution is -2.19. The summed E-state index contributed by atoms with van der Waals surface area (Å²) in [6, 6.07) is 10.8. The Hall–Kier alpha value is -3.42. The van der Waals surface area contributed by atoms with Gasteiger partial charge in [0.1, 0.15) is 0 Å². The van der Waals surface area contributed by atoms with Gasteiger partial charge in [-0.2, -0.15) is 0 Å². The van der Waals surface area contributed by atoms with Crippen LogP contribution in [0.3, 0.4) is 0 Å². The maximum absolute atomic E-state index is 12.9. The number of hydrogen-bond acceptors (Lipinski definition) is 7. The molecule has 2 rings (SSSR count).